The van der Waals surface area contributed by atoms with Crippen LogP contribution in [0.1, 0.15) is 25.3 Å². The first-order valence-electron chi connectivity index (χ1n) is 5.42. The minimum atomic E-state index is -0.523. The highest BCUT2D eigenvalue weighted by Crippen LogP contribution is 2.33. The molecule has 0 aliphatic rings. The molecule has 4 heteroatoms. The van der Waals surface area contributed by atoms with Gasteiger partial charge in [-0.25, -0.2) is 4.39 Å². The normalized spacial score (nSPS) is 12.4. The summed E-state index contributed by atoms with van der Waals surface area (Å²) in [4.78, 5) is 11.7. The number of hydrogen-bond donors (Lipinski definition) is 0. The number of esters is 1. The van der Waals surface area contributed by atoms with E-state index in [1.165, 1.54) is 32.4 Å². The Morgan fingerprint density at radius 3 is 2.41 bits per heavy atom. The Balaban J connectivity index is 3.26. The number of methoxy groups -OCH3 is 2. The van der Waals surface area contributed by atoms with Crippen molar-refractivity contribution >= 4 is 5.97 Å². The maximum atomic E-state index is 13.3. The molecule has 1 rings (SSSR count). The molecule has 0 aliphatic heterocycles. The highest BCUT2D eigenvalue weighted by molar-refractivity contribution is 5.79. The van der Waals surface area contributed by atoms with Crippen LogP contribution in [0.4, 0.5) is 4.39 Å². The van der Waals surface area contributed by atoms with Gasteiger partial charge in [0, 0.05) is 5.56 Å². The van der Waals surface area contributed by atoms with Crippen LogP contribution in [0.5, 0.6) is 5.75 Å². The summed E-state index contributed by atoms with van der Waals surface area (Å²) in [6, 6.07) is 4.14. The number of ether oxygens (including phenoxy) is 2. The van der Waals surface area contributed by atoms with Gasteiger partial charge in [0.15, 0.2) is 0 Å². The fraction of sp³-hybridized carbons (Fsp3) is 0.462. The third kappa shape index (κ3) is 2.96. The van der Waals surface area contributed by atoms with Gasteiger partial charge in [-0.1, -0.05) is 13.8 Å². The number of benzene rings is 1. The molecule has 1 atom stereocenters. The Kier molecular flexibility index (Phi) is 4.49. The third-order valence-electron chi connectivity index (χ3n) is 2.65. The standard InChI is InChI=1S/C13H17FO3/c1-8(2)12(13(15)17-4)10-7-9(14)5-6-11(10)16-3/h5-8,12H,1-4H3. The smallest absolute Gasteiger partial charge is 0.313 e. The van der Waals surface area contributed by atoms with E-state index in [-0.39, 0.29) is 11.9 Å². The van der Waals surface area contributed by atoms with Crippen LogP contribution in [0.2, 0.25) is 0 Å². The molecule has 17 heavy (non-hydrogen) atoms. The molecule has 1 aromatic carbocycles. The lowest BCUT2D eigenvalue weighted by atomic mass is 9.88. The maximum absolute atomic E-state index is 13.3. The molecule has 0 saturated heterocycles. The van der Waals surface area contributed by atoms with Gasteiger partial charge < -0.3 is 9.47 Å². The molecule has 0 fully saturated rings. The molecule has 94 valence electrons. The molecule has 0 radical (unpaired) electrons. The fourth-order valence-electron chi connectivity index (χ4n) is 1.83. The molecular formula is C13H17FO3. The molecule has 0 saturated carbocycles. The molecule has 0 heterocycles. The van der Waals surface area contributed by atoms with E-state index in [1.807, 2.05) is 13.8 Å². The number of rotatable bonds is 4. The van der Waals surface area contributed by atoms with Crippen LogP contribution in [-0.4, -0.2) is 20.2 Å². The van der Waals surface area contributed by atoms with E-state index in [1.54, 1.807) is 0 Å². The molecule has 0 spiro atoms. The van der Waals surface area contributed by atoms with Crippen molar-refractivity contribution in [2.45, 2.75) is 19.8 Å². The maximum Gasteiger partial charge on any atom is 0.313 e. The zero-order valence-electron chi connectivity index (χ0n) is 10.5. The van der Waals surface area contributed by atoms with Crippen molar-refractivity contribution in [3.05, 3.63) is 29.6 Å². The Morgan fingerprint density at radius 1 is 1.29 bits per heavy atom. The summed E-state index contributed by atoms with van der Waals surface area (Å²) >= 11 is 0. The molecule has 0 amide bonds. The summed E-state index contributed by atoms with van der Waals surface area (Å²) in [6.07, 6.45) is 0. The quantitative estimate of drug-likeness (QED) is 0.759. The van der Waals surface area contributed by atoms with E-state index in [2.05, 4.69) is 0 Å². The lowest BCUT2D eigenvalue weighted by Gasteiger charge is -2.20. The van der Waals surface area contributed by atoms with Crippen molar-refractivity contribution in [3.8, 4) is 5.75 Å². The van der Waals surface area contributed by atoms with Gasteiger partial charge in [-0.05, 0) is 24.1 Å². The predicted molar refractivity (Wildman–Crippen MR) is 62.5 cm³/mol. The second-order valence-electron chi connectivity index (χ2n) is 4.13. The number of carbonyl (C=O) groups excluding carboxylic acids is 1. The molecule has 3 nitrogen and oxygen atoms in total. The molecule has 1 unspecified atom stereocenters. The molecular weight excluding hydrogens is 223 g/mol. The van der Waals surface area contributed by atoms with Crippen molar-refractivity contribution < 1.29 is 18.7 Å². The topological polar surface area (TPSA) is 35.5 Å². The summed E-state index contributed by atoms with van der Waals surface area (Å²) in [6.45, 7) is 3.76. The van der Waals surface area contributed by atoms with Gasteiger partial charge in [0.1, 0.15) is 11.6 Å². The first-order valence-corrected chi connectivity index (χ1v) is 5.42. The Hall–Kier alpha value is -1.58. The van der Waals surface area contributed by atoms with Gasteiger partial charge in [0.2, 0.25) is 0 Å². The minimum absolute atomic E-state index is 0.00171. The summed E-state index contributed by atoms with van der Waals surface area (Å²) in [7, 11) is 2.81. The first kappa shape index (κ1) is 13.5. The highest BCUT2D eigenvalue weighted by Gasteiger charge is 2.28. The molecule has 0 bridgehead atoms. The van der Waals surface area contributed by atoms with E-state index in [4.69, 9.17) is 9.47 Å². The molecule has 0 N–H and O–H groups in total. The fourth-order valence-corrected chi connectivity index (χ4v) is 1.83. The van der Waals surface area contributed by atoms with Crippen LogP contribution in [-0.2, 0) is 9.53 Å². The van der Waals surface area contributed by atoms with Crippen molar-refractivity contribution in [3.63, 3.8) is 0 Å². The van der Waals surface area contributed by atoms with E-state index >= 15 is 0 Å². The summed E-state index contributed by atoms with van der Waals surface area (Å²) < 4.78 is 23.2. The predicted octanol–water partition coefficient (Wildman–Crippen LogP) is 2.75. The van der Waals surface area contributed by atoms with Crippen LogP contribution < -0.4 is 4.74 Å². The van der Waals surface area contributed by atoms with Crippen molar-refractivity contribution in [2.24, 2.45) is 5.92 Å². The van der Waals surface area contributed by atoms with Gasteiger partial charge in [-0.3, -0.25) is 4.79 Å². The first-order chi connectivity index (χ1) is 8.01. The Morgan fingerprint density at radius 2 is 1.94 bits per heavy atom. The summed E-state index contributed by atoms with van der Waals surface area (Å²) in [5, 5.41) is 0. The van der Waals surface area contributed by atoms with E-state index in [9.17, 15) is 9.18 Å². The molecule has 0 aromatic heterocycles. The van der Waals surface area contributed by atoms with Crippen molar-refractivity contribution in [1.82, 2.24) is 0 Å². The van der Waals surface area contributed by atoms with Crippen molar-refractivity contribution in [2.75, 3.05) is 14.2 Å². The zero-order chi connectivity index (χ0) is 13.0. The lowest BCUT2D eigenvalue weighted by molar-refractivity contribution is -0.143. The Labute approximate surface area is 101 Å². The van der Waals surface area contributed by atoms with Crippen LogP contribution in [0.15, 0.2) is 18.2 Å². The number of hydrogen-bond acceptors (Lipinski definition) is 3. The van der Waals surface area contributed by atoms with Crippen LogP contribution in [0, 0.1) is 11.7 Å². The van der Waals surface area contributed by atoms with E-state index in [0.29, 0.717) is 11.3 Å². The number of halogens is 1. The Bertz CT molecular complexity index is 402. The highest BCUT2D eigenvalue weighted by atomic mass is 19.1. The van der Waals surface area contributed by atoms with Crippen LogP contribution >= 0.6 is 0 Å². The SMILES string of the molecule is COC(=O)C(c1cc(F)ccc1OC)C(C)C. The van der Waals surface area contributed by atoms with Gasteiger partial charge in [0.25, 0.3) is 0 Å². The zero-order valence-corrected chi connectivity index (χ0v) is 10.5. The average molecular weight is 240 g/mol. The second-order valence-corrected chi connectivity index (χ2v) is 4.13. The van der Waals surface area contributed by atoms with Crippen LogP contribution in [0.3, 0.4) is 0 Å². The average Bonchev–Trinajstić information content (AvgIpc) is 2.29. The monoisotopic (exact) mass is 240 g/mol. The van der Waals surface area contributed by atoms with E-state index < -0.39 is 11.7 Å². The molecule has 0 aliphatic carbocycles. The van der Waals surface area contributed by atoms with Gasteiger partial charge in [-0.2, -0.15) is 0 Å². The summed E-state index contributed by atoms with van der Waals surface area (Å²) in [5.41, 5.74) is 0.523. The second kappa shape index (κ2) is 5.66. The largest absolute Gasteiger partial charge is 0.496 e. The molecule has 1 aromatic rings. The van der Waals surface area contributed by atoms with Crippen LogP contribution in [0.25, 0.3) is 0 Å². The summed E-state index contributed by atoms with van der Waals surface area (Å²) in [5.74, 6) is -0.807. The third-order valence-corrected chi connectivity index (χ3v) is 2.65. The van der Waals surface area contributed by atoms with Crippen molar-refractivity contribution in [1.29, 1.82) is 0 Å². The lowest BCUT2D eigenvalue weighted by Crippen LogP contribution is -2.20. The number of carbonyl (C=O) groups is 1. The van der Waals surface area contributed by atoms with E-state index in [0.717, 1.165) is 0 Å². The minimum Gasteiger partial charge on any atom is -0.496 e. The van der Waals surface area contributed by atoms with Gasteiger partial charge in [0.05, 0.1) is 20.1 Å². The van der Waals surface area contributed by atoms with Gasteiger partial charge in [-0.15, -0.1) is 0 Å². The van der Waals surface area contributed by atoms with Gasteiger partial charge >= 0.3 is 5.97 Å².